The topological polar surface area (TPSA) is 46.3 Å². The molecule has 0 saturated carbocycles. The number of para-hydroxylation sites is 1. The molecule has 0 atom stereocenters. The Morgan fingerprint density at radius 1 is 1.19 bits per heavy atom. The minimum Gasteiger partial charge on any atom is -0.397 e. The van der Waals surface area contributed by atoms with E-state index in [2.05, 4.69) is 0 Å². The normalized spacial score (nSPS) is 13.7. The molecule has 106 valence electrons. The number of hydrogen-bond acceptors (Lipinski definition) is 2. The van der Waals surface area contributed by atoms with E-state index in [4.69, 9.17) is 5.73 Å². The standard InChI is InChI=1S/C17H15FN2O/c18-14-7-4-12(5-8-14)6-9-16(21)20-11-10-13-2-1-3-15(19)17(13)20/h1-9H,10-11,19H2/b9-6+. The number of amides is 1. The number of nitrogen functional groups attached to an aromatic ring is 1. The Hall–Kier alpha value is -2.62. The lowest BCUT2D eigenvalue weighted by molar-refractivity contribution is -0.114. The number of halogens is 1. The molecule has 1 aliphatic heterocycles. The van der Waals surface area contributed by atoms with Gasteiger partial charge in [0, 0.05) is 12.6 Å². The number of nitrogens with zero attached hydrogens (tertiary/aromatic N) is 1. The number of hydrogen-bond donors (Lipinski definition) is 1. The third kappa shape index (κ3) is 2.65. The quantitative estimate of drug-likeness (QED) is 0.680. The van der Waals surface area contributed by atoms with Crippen LogP contribution in [0.3, 0.4) is 0 Å². The van der Waals surface area contributed by atoms with Gasteiger partial charge in [0.05, 0.1) is 11.4 Å². The Labute approximate surface area is 122 Å². The fourth-order valence-electron chi connectivity index (χ4n) is 2.54. The first-order valence-corrected chi connectivity index (χ1v) is 6.77. The molecular formula is C17H15FN2O. The van der Waals surface area contributed by atoms with Crippen molar-refractivity contribution in [3.05, 3.63) is 65.5 Å². The minimum atomic E-state index is -0.292. The number of rotatable bonds is 2. The highest BCUT2D eigenvalue weighted by Crippen LogP contribution is 2.33. The van der Waals surface area contributed by atoms with Crippen molar-refractivity contribution in [1.29, 1.82) is 0 Å². The zero-order valence-corrected chi connectivity index (χ0v) is 11.4. The van der Waals surface area contributed by atoms with E-state index in [9.17, 15) is 9.18 Å². The summed E-state index contributed by atoms with van der Waals surface area (Å²) in [7, 11) is 0. The highest BCUT2D eigenvalue weighted by atomic mass is 19.1. The lowest BCUT2D eigenvalue weighted by Gasteiger charge is -2.16. The fourth-order valence-corrected chi connectivity index (χ4v) is 2.54. The Balaban J connectivity index is 1.80. The summed E-state index contributed by atoms with van der Waals surface area (Å²) >= 11 is 0. The lowest BCUT2D eigenvalue weighted by Crippen LogP contribution is -2.27. The van der Waals surface area contributed by atoms with Crippen molar-refractivity contribution in [2.75, 3.05) is 17.2 Å². The van der Waals surface area contributed by atoms with Gasteiger partial charge in [-0.2, -0.15) is 0 Å². The highest BCUT2D eigenvalue weighted by molar-refractivity contribution is 6.07. The summed E-state index contributed by atoms with van der Waals surface area (Å²) in [5.74, 6) is -0.407. The predicted molar refractivity (Wildman–Crippen MR) is 82.3 cm³/mol. The summed E-state index contributed by atoms with van der Waals surface area (Å²) in [5, 5.41) is 0. The van der Waals surface area contributed by atoms with Gasteiger partial charge in [0.15, 0.2) is 0 Å². The van der Waals surface area contributed by atoms with Crippen LogP contribution in [0.15, 0.2) is 48.5 Å². The molecule has 1 aliphatic rings. The molecule has 0 radical (unpaired) electrons. The molecule has 0 bridgehead atoms. The molecule has 0 spiro atoms. The highest BCUT2D eigenvalue weighted by Gasteiger charge is 2.24. The van der Waals surface area contributed by atoms with Crippen LogP contribution in [0.25, 0.3) is 6.08 Å². The van der Waals surface area contributed by atoms with Crippen LogP contribution in [0, 0.1) is 5.82 Å². The van der Waals surface area contributed by atoms with Crippen molar-refractivity contribution in [3.8, 4) is 0 Å². The maximum atomic E-state index is 12.8. The number of fused-ring (bicyclic) bond motifs is 1. The molecule has 0 aliphatic carbocycles. The molecule has 3 rings (SSSR count). The van der Waals surface area contributed by atoms with Crippen LogP contribution < -0.4 is 10.6 Å². The number of anilines is 2. The van der Waals surface area contributed by atoms with E-state index in [1.807, 2.05) is 12.1 Å². The van der Waals surface area contributed by atoms with Gasteiger partial charge in [0.25, 0.3) is 5.91 Å². The SMILES string of the molecule is Nc1cccc2c1N(C(=O)/C=C/c1ccc(F)cc1)CC2. The molecule has 0 aromatic heterocycles. The van der Waals surface area contributed by atoms with Crippen molar-refractivity contribution >= 4 is 23.4 Å². The lowest BCUT2D eigenvalue weighted by atomic mass is 10.1. The molecule has 4 heteroatoms. The fraction of sp³-hybridized carbons (Fsp3) is 0.118. The molecule has 0 saturated heterocycles. The predicted octanol–water partition coefficient (Wildman–Crippen LogP) is 3.01. The average Bonchev–Trinajstić information content (AvgIpc) is 2.92. The van der Waals surface area contributed by atoms with Gasteiger partial charge in [-0.1, -0.05) is 24.3 Å². The van der Waals surface area contributed by atoms with E-state index in [0.29, 0.717) is 12.2 Å². The van der Waals surface area contributed by atoms with E-state index in [0.717, 1.165) is 23.2 Å². The minimum absolute atomic E-state index is 0.115. The van der Waals surface area contributed by atoms with Crippen molar-refractivity contribution in [3.63, 3.8) is 0 Å². The number of carbonyl (C=O) groups excluding carboxylic acids is 1. The second-order valence-electron chi connectivity index (χ2n) is 4.98. The summed E-state index contributed by atoms with van der Waals surface area (Å²) in [5.41, 5.74) is 9.27. The van der Waals surface area contributed by atoms with E-state index in [-0.39, 0.29) is 11.7 Å². The number of benzene rings is 2. The molecule has 2 aromatic rings. The van der Waals surface area contributed by atoms with Gasteiger partial charge < -0.3 is 10.6 Å². The Kier molecular flexibility index (Phi) is 3.44. The largest absolute Gasteiger partial charge is 0.397 e. The average molecular weight is 282 g/mol. The Morgan fingerprint density at radius 2 is 1.95 bits per heavy atom. The van der Waals surface area contributed by atoms with Gasteiger partial charge >= 0.3 is 0 Å². The summed E-state index contributed by atoms with van der Waals surface area (Å²) < 4.78 is 12.8. The van der Waals surface area contributed by atoms with Crippen LogP contribution in [0.2, 0.25) is 0 Å². The van der Waals surface area contributed by atoms with Crippen molar-refractivity contribution < 1.29 is 9.18 Å². The molecule has 3 nitrogen and oxygen atoms in total. The van der Waals surface area contributed by atoms with Crippen molar-refractivity contribution in [2.24, 2.45) is 0 Å². The summed E-state index contributed by atoms with van der Waals surface area (Å²) in [6, 6.07) is 11.7. The van der Waals surface area contributed by atoms with E-state index in [1.165, 1.54) is 18.2 Å². The van der Waals surface area contributed by atoms with E-state index >= 15 is 0 Å². The summed E-state index contributed by atoms with van der Waals surface area (Å²) in [6.07, 6.45) is 3.99. The third-order valence-corrected chi connectivity index (χ3v) is 3.58. The zero-order chi connectivity index (χ0) is 14.8. The molecule has 2 aromatic carbocycles. The molecule has 2 N–H and O–H groups in total. The number of carbonyl (C=O) groups is 1. The van der Waals surface area contributed by atoms with Crippen molar-refractivity contribution in [1.82, 2.24) is 0 Å². The molecule has 1 heterocycles. The van der Waals surface area contributed by atoms with Crippen LogP contribution >= 0.6 is 0 Å². The molecule has 1 amide bonds. The maximum Gasteiger partial charge on any atom is 0.251 e. The van der Waals surface area contributed by atoms with Gasteiger partial charge in [0.2, 0.25) is 0 Å². The van der Waals surface area contributed by atoms with Crippen LogP contribution in [0.5, 0.6) is 0 Å². The van der Waals surface area contributed by atoms with Gasteiger partial charge in [-0.15, -0.1) is 0 Å². The zero-order valence-electron chi connectivity index (χ0n) is 11.4. The van der Waals surface area contributed by atoms with Crippen LogP contribution in [-0.2, 0) is 11.2 Å². The van der Waals surface area contributed by atoms with Crippen molar-refractivity contribution in [2.45, 2.75) is 6.42 Å². The number of nitrogens with two attached hydrogens (primary N) is 1. The van der Waals surface area contributed by atoms with Gasteiger partial charge in [-0.25, -0.2) is 4.39 Å². The molecule has 0 fully saturated rings. The second kappa shape index (κ2) is 5.40. The Bertz CT molecular complexity index is 707. The van der Waals surface area contributed by atoms with Crippen LogP contribution in [-0.4, -0.2) is 12.5 Å². The third-order valence-electron chi connectivity index (χ3n) is 3.58. The van der Waals surface area contributed by atoms with E-state index in [1.54, 1.807) is 29.2 Å². The first kappa shape index (κ1) is 13.4. The first-order valence-electron chi connectivity index (χ1n) is 6.77. The van der Waals surface area contributed by atoms with E-state index < -0.39 is 0 Å². The maximum absolute atomic E-state index is 12.8. The Morgan fingerprint density at radius 3 is 2.71 bits per heavy atom. The van der Waals surface area contributed by atoms with Crippen LogP contribution in [0.1, 0.15) is 11.1 Å². The molecule has 0 unspecified atom stereocenters. The smallest absolute Gasteiger partial charge is 0.251 e. The first-order chi connectivity index (χ1) is 10.1. The van der Waals surface area contributed by atoms with Crippen LogP contribution in [0.4, 0.5) is 15.8 Å². The van der Waals surface area contributed by atoms with Gasteiger partial charge in [0.1, 0.15) is 5.82 Å². The van der Waals surface area contributed by atoms with Gasteiger partial charge in [-0.3, -0.25) is 4.79 Å². The van der Waals surface area contributed by atoms with Gasteiger partial charge in [-0.05, 0) is 41.8 Å². The second-order valence-corrected chi connectivity index (χ2v) is 4.98. The monoisotopic (exact) mass is 282 g/mol. The summed E-state index contributed by atoms with van der Waals surface area (Å²) in [4.78, 5) is 14.0. The summed E-state index contributed by atoms with van der Waals surface area (Å²) in [6.45, 7) is 0.635. The molecule has 21 heavy (non-hydrogen) atoms. The molecular weight excluding hydrogens is 267 g/mol.